The summed E-state index contributed by atoms with van der Waals surface area (Å²) in [5.41, 5.74) is 8.26. The molecule has 2 aromatic carbocycles. The fourth-order valence-electron chi connectivity index (χ4n) is 4.62. The Morgan fingerprint density at radius 1 is 0.914 bits per heavy atom. The highest BCUT2D eigenvalue weighted by atomic mass is 19.1. The molecular formula is C26H35FN4O4. The zero-order valence-electron chi connectivity index (χ0n) is 20.7. The van der Waals surface area contributed by atoms with Gasteiger partial charge >= 0.3 is 0 Å². The highest BCUT2D eigenvalue weighted by Gasteiger charge is 2.33. The molecule has 35 heavy (non-hydrogen) atoms. The molecule has 2 aliphatic rings. The molecule has 9 heteroatoms. The maximum absolute atomic E-state index is 13.4. The number of carbonyl (C=O) groups excluding carboxylic acids is 1. The number of nitrogens with zero attached hydrogens (tertiary/aromatic N) is 2. The van der Waals surface area contributed by atoms with Crippen molar-refractivity contribution in [3.05, 3.63) is 53.3 Å². The molecular weight excluding hydrogens is 451 g/mol. The number of hydrogen-bond acceptors (Lipinski definition) is 7. The van der Waals surface area contributed by atoms with Gasteiger partial charge < -0.3 is 19.1 Å². The number of ether oxygens (including phenoxy) is 3. The molecule has 1 amide bonds. The van der Waals surface area contributed by atoms with Gasteiger partial charge in [0.2, 0.25) is 5.75 Å². The molecule has 2 fully saturated rings. The molecule has 2 saturated heterocycles. The second-order valence-corrected chi connectivity index (χ2v) is 8.57. The lowest BCUT2D eigenvalue weighted by atomic mass is 10.0. The Morgan fingerprint density at radius 2 is 1.51 bits per heavy atom. The van der Waals surface area contributed by atoms with Gasteiger partial charge in [-0.25, -0.2) is 15.2 Å². The van der Waals surface area contributed by atoms with Gasteiger partial charge in [0.1, 0.15) is 5.82 Å². The Hall–Kier alpha value is -2.88. The van der Waals surface area contributed by atoms with E-state index in [-0.39, 0.29) is 23.9 Å². The average molecular weight is 487 g/mol. The minimum absolute atomic E-state index is 0.0451. The summed E-state index contributed by atoms with van der Waals surface area (Å²) < 4.78 is 30.5. The van der Waals surface area contributed by atoms with Gasteiger partial charge in [-0.05, 0) is 57.0 Å². The fraction of sp³-hybridized carbons (Fsp3) is 0.500. The number of nitrogens with one attached hydrogen (secondary N) is 2. The van der Waals surface area contributed by atoms with Crippen LogP contribution in [0.15, 0.2) is 36.4 Å². The van der Waals surface area contributed by atoms with Crippen molar-refractivity contribution in [2.75, 3.05) is 46.0 Å². The molecule has 0 aliphatic carbocycles. The lowest BCUT2D eigenvalue weighted by Crippen LogP contribution is -2.55. The van der Waals surface area contributed by atoms with Gasteiger partial charge in [0.05, 0.1) is 26.0 Å². The van der Waals surface area contributed by atoms with E-state index in [1.807, 2.05) is 37.8 Å². The summed E-state index contributed by atoms with van der Waals surface area (Å²) in [6.45, 7) is 9.86. The van der Waals surface area contributed by atoms with Crippen LogP contribution in [0.5, 0.6) is 17.2 Å². The van der Waals surface area contributed by atoms with Crippen molar-refractivity contribution in [1.29, 1.82) is 0 Å². The van der Waals surface area contributed by atoms with E-state index in [1.165, 1.54) is 12.1 Å². The van der Waals surface area contributed by atoms with Crippen molar-refractivity contribution in [2.45, 2.75) is 39.4 Å². The molecule has 190 valence electrons. The van der Waals surface area contributed by atoms with Gasteiger partial charge in [0.25, 0.3) is 5.91 Å². The largest absolute Gasteiger partial charge is 0.490 e. The molecule has 2 aliphatic heterocycles. The van der Waals surface area contributed by atoms with Crippen molar-refractivity contribution in [3.8, 4) is 17.2 Å². The maximum atomic E-state index is 13.4. The van der Waals surface area contributed by atoms with Gasteiger partial charge in [0, 0.05) is 37.8 Å². The summed E-state index contributed by atoms with van der Waals surface area (Å²) >= 11 is 0. The second-order valence-electron chi connectivity index (χ2n) is 8.57. The number of halogens is 1. The molecule has 0 aromatic heterocycles. The topological polar surface area (TPSA) is 75.3 Å². The number of carbonyl (C=O) groups is 1. The van der Waals surface area contributed by atoms with Crippen molar-refractivity contribution in [1.82, 2.24) is 20.7 Å². The average Bonchev–Trinajstić information content (AvgIpc) is 3.36. The number of piperazine rings is 1. The van der Waals surface area contributed by atoms with E-state index in [4.69, 9.17) is 14.2 Å². The standard InChI is InChI=1S/C26H35FN4O4/c1-4-33-22-15-19(16-23(34-5-2)25(22)35-6-3)26(32)31-13-11-30(12-14-31)24-17-21(28-29-24)18-7-9-20(27)10-8-18/h7-10,15-16,21,24,28-29H,4-6,11-14,17H2,1-3H3. The number of hydrogen-bond donors (Lipinski definition) is 2. The van der Waals surface area contributed by atoms with E-state index in [9.17, 15) is 9.18 Å². The molecule has 2 atom stereocenters. The molecule has 4 rings (SSSR count). The first-order valence-electron chi connectivity index (χ1n) is 12.4. The van der Waals surface area contributed by atoms with Crippen molar-refractivity contribution in [3.63, 3.8) is 0 Å². The molecule has 0 saturated carbocycles. The van der Waals surface area contributed by atoms with Crippen LogP contribution >= 0.6 is 0 Å². The summed E-state index contributed by atoms with van der Waals surface area (Å²) in [7, 11) is 0. The van der Waals surface area contributed by atoms with E-state index in [0.717, 1.165) is 25.1 Å². The predicted octanol–water partition coefficient (Wildman–Crippen LogP) is 3.34. The molecule has 0 radical (unpaired) electrons. The van der Waals surface area contributed by atoms with Crippen LogP contribution < -0.4 is 25.1 Å². The van der Waals surface area contributed by atoms with Gasteiger partial charge in [-0.2, -0.15) is 0 Å². The lowest BCUT2D eigenvalue weighted by Gasteiger charge is -2.37. The number of benzene rings is 2. The van der Waals surface area contributed by atoms with Crippen LogP contribution in [0, 0.1) is 5.82 Å². The van der Waals surface area contributed by atoms with Crippen LogP contribution in [0.3, 0.4) is 0 Å². The van der Waals surface area contributed by atoms with Crippen LogP contribution in [-0.2, 0) is 0 Å². The highest BCUT2D eigenvalue weighted by molar-refractivity contribution is 5.95. The van der Waals surface area contributed by atoms with E-state index < -0.39 is 0 Å². The smallest absolute Gasteiger partial charge is 0.254 e. The van der Waals surface area contributed by atoms with E-state index in [1.54, 1.807) is 12.1 Å². The summed E-state index contributed by atoms with van der Waals surface area (Å²) in [6.07, 6.45) is 1.02. The molecule has 2 heterocycles. The van der Waals surface area contributed by atoms with E-state index in [0.29, 0.717) is 55.7 Å². The fourth-order valence-corrected chi connectivity index (χ4v) is 4.62. The third-order valence-corrected chi connectivity index (χ3v) is 6.35. The summed E-state index contributed by atoms with van der Waals surface area (Å²) in [6, 6.07) is 10.2. The van der Waals surface area contributed by atoms with Gasteiger partial charge in [-0.1, -0.05) is 12.1 Å². The van der Waals surface area contributed by atoms with Crippen LogP contribution in [0.25, 0.3) is 0 Å². The van der Waals surface area contributed by atoms with Crippen LogP contribution in [0.4, 0.5) is 4.39 Å². The second kappa shape index (κ2) is 11.7. The number of hydrazine groups is 1. The van der Waals surface area contributed by atoms with Crippen molar-refractivity contribution >= 4 is 5.91 Å². The summed E-state index contributed by atoms with van der Waals surface area (Å²) in [5.74, 6) is 1.31. The summed E-state index contributed by atoms with van der Waals surface area (Å²) in [4.78, 5) is 17.6. The Balaban J connectivity index is 1.39. The van der Waals surface area contributed by atoms with Gasteiger partial charge in [-0.3, -0.25) is 9.69 Å². The minimum atomic E-state index is -0.230. The minimum Gasteiger partial charge on any atom is -0.490 e. The first-order valence-corrected chi connectivity index (χ1v) is 12.4. The molecule has 0 bridgehead atoms. The van der Waals surface area contributed by atoms with E-state index >= 15 is 0 Å². The van der Waals surface area contributed by atoms with Crippen LogP contribution in [-0.4, -0.2) is 67.9 Å². The first kappa shape index (κ1) is 25.2. The zero-order chi connectivity index (χ0) is 24.8. The SMILES string of the molecule is CCOc1cc(C(=O)N2CCN(C3CC(c4ccc(F)cc4)NN3)CC2)cc(OCC)c1OCC. The third-order valence-electron chi connectivity index (χ3n) is 6.35. The zero-order valence-corrected chi connectivity index (χ0v) is 20.7. The predicted molar refractivity (Wildman–Crippen MR) is 131 cm³/mol. The van der Waals surface area contributed by atoms with Gasteiger partial charge in [-0.15, -0.1) is 0 Å². The number of rotatable bonds is 9. The van der Waals surface area contributed by atoms with Gasteiger partial charge in [0.15, 0.2) is 11.5 Å². The third kappa shape index (κ3) is 5.86. The Labute approximate surface area is 206 Å². The summed E-state index contributed by atoms with van der Waals surface area (Å²) in [5, 5.41) is 0. The van der Waals surface area contributed by atoms with E-state index in [2.05, 4.69) is 15.8 Å². The Bertz CT molecular complexity index is 968. The molecule has 2 aromatic rings. The number of amides is 1. The van der Waals surface area contributed by atoms with Crippen LogP contribution in [0.1, 0.15) is 49.2 Å². The maximum Gasteiger partial charge on any atom is 0.254 e. The monoisotopic (exact) mass is 486 g/mol. The molecule has 2 N–H and O–H groups in total. The first-order chi connectivity index (χ1) is 17.0. The molecule has 0 spiro atoms. The van der Waals surface area contributed by atoms with Crippen LogP contribution in [0.2, 0.25) is 0 Å². The molecule has 2 unspecified atom stereocenters. The Morgan fingerprint density at radius 3 is 2.09 bits per heavy atom. The lowest BCUT2D eigenvalue weighted by molar-refractivity contribution is 0.0544. The normalized spacial score (nSPS) is 20.6. The Kier molecular flexibility index (Phi) is 8.43. The van der Waals surface area contributed by atoms with Crippen molar-refractivity contribution in [2.24, 2.45) is 0 Å². The molecule has 8 nitrogen and oxygen atoms in total. The van der Waals surface area contributed by atoms with Crippen molar-refractivity contribution < 1.29 is 23.4 Å². The highest BCUT2D eigenvalue weighted by Crippen LogP contribution is 2.39. The quantitative estimate of drug-likeness (QED) is 0.563.